The highest BCUT2D eigenvalue weighted by Crippen LogP contribution is 2.17. The average Bonchev–Trinajstić information content (AvgIpc) is 2.65. The van der Waals surface area contributed by atoms with E-state index in [1.165, 1.54) is 11.1 Å². The zero-order valence-electron chi connectivity index (χ0n) is 8.57. The fraction of sp³-hybridized carbons (Fsp3) is 0.250. The van der Waals surface area contributed by atoms with Crippen molar-refractivity contribution in [3.05, 3.63) is 42.4 Å². The van der Waals surface area contributed by atoms with Gasteiger partial charge in [0.1, 0.15) is 0 Å². The minimum absolute atomic E-state index is 1.04. The van der Waals surface area contributed by atoms with Crippen LogP contribution in [0, 0.1) is 0 Å². The van der Waals surface area contributed by atoms with Crippen molar-refractivity contribution in [2.45, 2.75) is 13.3 Å². The molecule has 2 nitrogen and oxygen atoms in total. The molecule has 2 heteroatoms. The molecule has 0 saturated carbocycles. The number of hydrogen-bond acceptors (Lipinski definition) is 1. The van der Waals surface area contributed by atoms with E-state index in [0.717, 1.165) is 12.1 Å². The van der Waals surface area contributed by atoms with Gasteiger partial charge in [0.2, 0.25) is 0 Å². The molecule has 14 heavy (non-hydrogen) atoms. The van der Waals surface area contributed by atoms with E-state index >= 15 is 0 Å². The first kappa shape index (κ1) is 9.00. The molecule has 0 aliphatic carbocycles. The summed E-state index contributed by atoms with van der Waals surface area (Å²) in [6.45, 7) is 2.16. The maximum absolute atomic E-state index is 4.30. The molecule has 0 saturated heterocycles. The Morgan fingerprint density at radius 1 is 1.21 bits per heavy atom. The number of aryl methyl sites for hydroxylation is 2. The third kappa shape index (κ3) is 1.69. The van der Waals surface area contributed by atoms with Crippen LogP contribution in [0.3, 0.4) is 0 Å². The average molecular weight is 186 g/mol. The van der Waals surface area contributed by atoms with Crippen LogP contribution in [0.15, 0.2) is 36.8 Å². The highest BCUT2D eigenvalue weighted by molar-refractivity contribution is 5.58. The van der Waals surface area contributed by atoms with Crippen LogP contribution in [0.25, 0.3) is 11.3 Å². The minimum Gasteiger partial charge on any atom is -0.340 e. The second-order valence-electron chi connectivity index (χ2n) is 3.47. The van der Waals surface area contributed by atoms with E-state index < -0.39 is 0 Å². The van der Waals surface area contributed by atoms with Gasteiger partial charge in [0.15, 0.2) is 0 Å². The fourth-order valence-electron chi connectivity index (χ4n) is 1.47. The summed E-state index contributed by atoms with van der Waals surface area (Å²) in [7, 11) is 1.98. The number of aromatic nitrogens is 2. The second-order valence-corrected chi connectivity index (χ2v) is 3.47. The molecule has 0 fully saturated rings. The zero-order chi connectivity index (χ0) is 9.97. The normalized spacial score (nSPS) is 10.4. The van der Waals surface area contributed by atoms with Crippen LogP contribution in [0.4, 0.5) is 0 Å². The second kappa shape index (κ2) is 3.66. The SMILES string of the molecule is CCc1ccc(-c2cn(C)cn2)cc1. The lowest BCUT2D eigenvalue weighted by molar-refractivity contribution is 0.913. The van der Waals surface area contributed by atoms with Gasteiger partial charge in [0.05, 0.1) is 12.0 Å². The highest BCUT2D eigenvalue weighted by Gasteiger charge is 1.99. The lowest BCUT2D eigenvalue weighted by atomic mass is 10.1. The van der Waals surface area contributed by atoms with Crippen molar-refractivity contribution in [1.29, 1.82) is 0 Å². The van der Waals surface area contributed by atoms with Gasteiger partial charge in [0.25, 0.3) is 0 Å². The topological polar surface area (TPSA) is 17.8 Å². The molecule has 1 aromatic carbocycles. The molecule has 0 aliphatic rings. The van der Waals surface area contributed by atoms with E-state index in [1.807, 2.05) is 24.1 Å². The molecule has 72 valence electrons. The molecule has 0 N–H and O–H groups in total. The first-order chi connectivity index (χ1) is 6.79. The summed E-state index contributed by atoms with van der Waals surface area (Å²) >= 11 is 0. The Bertz CT molecular complexity index is 412. The third-order valence-electron chi connectivity index (χ3n) is 2.36. The molecule has 0 spiro atoms. The van der Waals surface area contributed by atoms with E-state index in [0.29, 0.717) is 0 Å². The summed E-state index contributed by atoms with van der Waals surface area (Å²) in [4.78, 5) is 4.30. The molecule has 1 heterocycles. The molecule has 0 bridgehead atoms. The van der Waals surface area contributed by atoms with Crippen molar-refractivity contribution in [2.24, 2.45) is 7.05 Å². The van der Waals surface area contributed by atoms with Gasteiger partial charge in [-0.15, -0.1) is 0 Å². The Balaban J connectivity index is 2.33. The van der Waals surface area contributed by atoms with Crippen molar-refractivity contribution in [3.8, 4) is 11.3 Å². The summed E-state index contributed by atoms with van der Waals surface area (Å²) in [5, 5.41) is 0. The van der Waals surface area contributed by atoms with Crippen LogP contribution >= 0.6 is 0 Å². The maximum Gasteiger partial charge on any atom is 0.0951 e. The summed E-state index contributed by atoms with van der Waals surface area (Å²) < 4.78 is 1.96. The van der Waals surface area contributed by atoms with Crippen molar-refractivity contribution in [1.82, 2.24) is 9.55 Å². The number of benzene rings is 1. The Morgan fingerprint density at radius 3 is 2.43 bits per heavy atom. The van der Waals surface area contributed by atoms with Crippen LogP contribution in [-0.4, -0.2) is 9.55 Å². The molecule has 0 amide bonds. The number of imidazole rings is 1. The molecule has 0 aliphatic heterocycles. The summed E-state index contributed by atoms with van der Waals surface area (Å²) in [6.07, 6.45) is 4.94. The van der Waals surface area contributed by atoms with Gasteiger partial charge in [-0.2, -0.15) is 0 Å². The monoisotopic (exact) mass is 186 g/mol. The van der Waals surface area contributed by atoms with Crippen LogP contribution in [0.2, 0.25) is 0 Å². The van der Waals surface area contributed by atoms with E-state index in [-0.39, 0.29) is 0 Å². The molecule has 2 aromatic rings. The summed E-state index contributed by atoms with van der Waals surface area (Å²) in [5.41, 5.74) is 3.59. The summed E-state index contributed by atoms with van der Waals surface area (Å²) in [6, 6.07) is 8.57. The molecular weight excluding hydrogens is 172 g/mol. The van der Waals surface area contributed by atoms with Gasteiger partial charge in [0, 0.05) is 18.8 Å². The number of nitrogens with zero attached hydrogens (tertiary/aromatic N) is 2. The standard InChI is InChI=1S/C12H14N2/c1-3-10-4-6-11(7-5-10)12-8-14(2)9-13-12/h4-9H,3H2,1-2H3. The van der Waals surface area contributed by atoms with Crippen LogP contribution in [0.5, 0.6) is 0 Å². The molecular formula is C12H14N2. The van der Waals surface area contributed by atoms with E-state index in [4.69, 9.17) is 0 Å². The molecule has 0 atom stereocenters. The predicted octanol–water partition coefficient (Wildman–Crippen LogP) is 2.65. The largest absolute Gasteiger partial charge is 0.340 e. The van der Waals surface area contributed by atoms with Gasteiger partial charge >= 0.3 is 0 Å². The van der Waals surface area contributed by atoms with Crippen molar-refractivity contribution >= 4 is 0 Å². The minimum atomic E-state index is 1.04. The maximum atomic E-state index is 4.30. The number of hydrogen-bond donors (Lipinski definition) is 0. The van der Waals surface area contributed by atoms with Crippen molar-refractivity contribution < 1.29 is 0 Å². The van der Waals surface area contributed by atoms with Crippen LogP contribution in [-0.2, 0) is 13.5 Å². The number of rotatable bonds is 2. The molecule has 0 unspecified atom stereocenters. The van der Waals surface area contributed by atoms with Crippen LogP contribution in [0.1, 0.15) is 12.5 Å². The van der Waals surface area contributed by atoms with Gasteiger partial charge < -0.3 is 4.57 Å². The van der Waals surface area contributed by atoms with Gasteiger partial charge in [-0.25, -0.2) is 4.98 Å². The molecule has 0 radical (unpaired) electrons. The highest BCUT2D eigenvalue weighted by atomic mass is 15.0. The quantitative estimate of drug-likeness (QED) is 0.705. The van der Waals surface area contributed by atoms with Gasteiger partial charge in [-0.05, 0) is 12.0 Å². The van der Waals surface area contributed by atoms with Crippen LogP contribution < -0.4 is 0 Å². The van der Waals surface area contributed by atoms with Gasteiger partial charge in [-0.3, -0.25) is 0 Å². The Hall–Kier alpha value is -1.57. The zero-order valence-corrected chi connectivity index (χ0v) is 8.57. The Kier molecular flexibility index (Phi) is 2.35. The van der Waals surface area contributed by atoms with E-state index in [9.17, 15) is 0 Å². The Labute approximate surface area is 84.2 Å². The molecule has 1 aromatic heterocycles. The van der Waals surface area contributed by atoms with E-state index in [1.54, 1.807) is 0 Å². The van der Waals surface area contributed by atoms with Gasteiger partial charge in [-0.1, -0.05) is 31.2 Å². The molecule has 2 rings (SSSR count). The van der Waals surface area contributed by atoms with E-state index in [2.05, 4.69) is 36.2 Å². The Morgan fingerprint density at radius 2 is 1.93 bits per heavy atom. The lowest BCUT2D eigenvalue weighted by Gasteiger charge is -1.98. The predicted molar refractivity (Wildman–Crippen MR) is 58.0 cm³/mol. The summed E-state index contributed by atoms with van der Waals surface area (Å²) in [5.74, 6) is 0. The third-order valence-corrected chi connectivity index (χ3v) is 2.36. The fourth-order valence-corrected chi connectivity index (χ4v) is 1.47. The smallest absolute Gasteiger partial charge is 0.0951 e. The lowest BCUT2D eigenvalue weighted by Crippen LogP contribution is -1.81. The van der Waals surface area contributed by atoms with Crippen molar-refractivity contribution in [2.75, 3.05) is 0 Å². The van der Waals surface area contributed by atoms with Crippen molar-refractivity contribution in [3.63, 3.8) is 0 Å². The first-order valence-corrected chi connectivity index (χ1v) is 4.87. The first-order valence-electron chi connectivity index (χ1n) is 4.87.